The third-order valence-electron chi connectivity index (χ3n) is 7.04. The first-order valence-corrected chi connectivity index (χ1v) is 14.8. The second-order valence-electron chi connectivity index (χ2n) is 11.4. The van der Waals surface area contributed by atoms with Gasteiger partial charge in [-0.3, -0.25) is 4.79 Å². The van der Waals surface area contributed by atoms with Crippen LogP contribution < -0.4 is 5.32 Å². The van der Waals surface area contributed by atoms with Crippen molar-refractivity contribution in [2.24, 2.45) is 0 Å². The van der Waals surface area contributed by atoms with E-state index >= 15 is 0 Å². The number of phenolic OH excluding ortho intramolecular Hbond substituents is 3. The third-order valence-corrected chi connectivity index (χ3v) is 8.91. The van der Waals surface area contributed by atoms with Gasteiger partial charge in [-0.2, -0.15) is 0 Å². The largest absolute Gasteiger partial charge is 0.504 e. The highest BCUT2D eigenvalue weighted by atomic mass is 32.2. The fourth-order valence-corrected chi connectivity index (χ4v) is 6.73. The van der Waals surface area contributed by atoms with Crippen LogP contribution in [0.1, 0.15) is 73.1 Å². The number of phenols is 3. The number of carbonyl (C=O) groups excluding carboxylic acids is 1. The molecule has 0 aliphatic carbocycles. The van der Waals surface area contributed by atoms with E-state index < -0.39 is 38.4 Å². The number of carbonyl (C=O) groups is 1. The number of hydrogen-bond donors (Lipinski definition) is 4. The average molecular weight is 574 g/mol. The Kier molecular flexibility index (Phi) is 8.17. The molecule has 0 atom stereocenters. The molecule has 0 radical (unpaired) electrons. The van der Waals surface area contributed by atoms with Crippen LogP contribution in [0, 0.1) is 0 Å². The van der Waals surface area contributed by atoms with Crippen LogP contribution in [0.15, 0.2) is 88.7 Å². The van der Waals surface area contributed by atoms with Gasteiger partial charge < -0.3 is 20.6 Å². The number of nitrogens with one attached hydrogen (secondary N) is 1. The Bertz CT molecular complexity index is 1720. The van der Waals surface area contributed by atoms with Gasteiger partial charge in [-0.05, 0) is 52.3 Å². The first-order chi connectivity index (χ1) is 19.2. The molecule has 8 heteroatoms. The van der Waals surface area contributed by atoms with Crippen LogP contribution in [0.5, 0.6) is 17.2 Å². The molecule has 0 bridgehead atoms. The molecule has 1 amide bonds. The molecule has 0 spiro atoms. The maximum atomic E-state index is 13.9. The molecule has 4 N–H and O–H groups in total. The highest BCUT2D eigenvalue weighted by Gasteiger charge is 2.30. The normalized spacial score (nSPS) is 12.0. The zero-order chi connectivity index (χ0) is 30.1. The lowest BCUT2D eigenvalue weighted by molar-refractivity contribution is 0.102. The minimum absolute atomic E-state index is 0.0138. The van der Waals surface area contributed by atoms with Crippen molar-refractivity contribution < 1.29 is 28.5 Å². The molecule has 0 saturated heterocycles. The molecule has 0 fully saturated rings. The second kappa shape index (κ2) is 11.3. The van der Waals surface area contributed by atoms with Crippen molar-refractivity contribution in [2.45, 2.75) is 62.2 Å². The van der Waals surface area contributed by atoms with Crippen LogP contribution >= 0.6 is 0 Å². The monoisotopic (exact) mass is 573 g/mol. The van der Waals surface area contributed by atoms with Crippen molar-refractivity contribution in [3.05, 3.63) is 107 Å². The zero-order valence-corrected chi connectivity index (χ0v) is 24.6. The summed E-state index contributed by atoms with van der Waals surface area (Å²) >= 11 is 0. The van der Waals surface area contributed by atoms with Gasteiger partial charge in [0.25, 0.3) is 5.91 Å². The molecule has 0 saturated carbocycles. The summed E-state index contributed by atoms with van der Waals surface area (Å²) in [5.74, 6) is -2.81. The maximum absolute atomic E-state index is 13.9. The second-order valence-corrected chi connectivity index (χ2v) is 13.2. The number of anilines is 1. The SMILES string of the molecule is CC(C)c1ccccc1Cc1cc(C(=O)Nc2ccccc2S(=O)(=O)c2ccccc2C(C)(C)C)c(O)c(O)c1O. The summed E-state index contributed by atoms with van der Waals surface area (Å²) in [7, 11) is -4.06. The fraction of sp³-hybridized carbons (Fsp3) is 0.242. The van der Waals surface area contributed by atoms with E-state index in [1.54, 1.807) is 36.4 Å². The summed E-state index contributed by atoms with van der Waals surface area (Å²) in [6, 6.07) is 21.7. The van der Waals surface area contributed by atoms with Gasteiger partial charge in [0.2, 0.25) is 15.6 Å². The van der Waals surface area contributed by atoms with Crippen LogP contribution in [0.3, 0.4) is 0 Å². The van der Waals surface area contributed by atoms with E-state index in [1.165, 1.54) is 18.2 Å². The highest BCUT2D eigenvalue weighted by molar-refractivity contribution is 7.91. The molecule has 4 aromatic carbocycles. The van der Waals surface area contributed by atoms with Gasteiger partial charge in [-0.15, -0.1) is 0 Å². The lowest BCUT2D eigenvalue weighted by atomic mass is 9.87. The van der Waals surface area contributed by atoms with Crippen LogP contribution in [0.25, 0.3) is 0 Å². The van der Waals surface area contributed by atoms with Gasteiger partial charge in [-0.25, -0.2) is 8.42 Å². The van der Waals surface area contributed by atoms with Crippen molar-refractivity contribution in [1.82, 2.24) is 0 Å². The molecule has 0 aliphatic rings. The lowest BCUT2D eigenvalue weighted by Gasteiger charge is -2.23. The van der Waals surface area contributed by atoms with E-state index in [0.717, 1.165) is 11.1 Å². The van der Waals surface area contributed by atoms with Crippen LogP contribution in [0.2, 0.25) is 0 Å². The molecule has 4 rings (SSSR count). The van der Waals surface area contributed by atoms with E-state index in [1.807, 2.05) is 58.9 Å². The summed E-state index contributed by atoms with van der Waals surface area (Å²) < 4.78 is 27.8. The van der Waals surface area contributed by atoms with Crippen molar-refractivity contribution in [3.8, 4) is 17.2 Å². The zero-order valence-electron chi connectivity index (χ0n) is 23.8. The van der Waals surface area contributed by atoms with Crippen molar-refractivity contribution in [3.63, 3.8) is 0 Å². The number of sulfone groups is 1. The molecule has 7 nitrogen and oxygen atoms in total. The van der Waals surface area contributed by atoms with Crippen molar-refractivity contribution in [2.75, 3.05) is 5.32 Å². The molecule has 0 aromatic heterocycles. The Morgan fingerprint density at radius 1 is 0.780 bits per heavy atom. The van der Waals surface area contributed by atoms with E-state index in [0.29, 0.717) is 5.56 Å². The minimum atomic E-state index is -4.06. The van der Waals surface area contributed by atoms with Crippen LogP contribution in [0.4, 0.5) is 5.69 Å². The molecule has 4 aromatic rings. The van der Waals surface area contributed by atoms with Gasteiger partial charge in [0, 0.05) is 12.0 Å². The number of benzene rings is 4. The molecule has 214 valence electrons. The van der Waals surface area contributed by atoms with E-state index in [4.69, 9.17) is 0 Å². The highest BCUT2D eigenvalue weighted by Crippen LogP contribution is 2.42. The van der Waals surface area contributed by atoms with Gasteiger partial charge in [0.1, 0.15) is 0 Å². The summed E-state index contributed by atoms with van der Waals surface area (Å²) in [5.41, 5.74) is 2.05. The number of rotatable bonds is 7. The summed E-state index contributed by atoms with van der Waals surface area (Å²) in [5, 5.41) is 34.3. The summed E-state index contributed by atoms with van der Waals surface area (Å²) in [6.45, 7) is 9.85. The first-order valence-electron chi connectivity index (χ1n) is 13.3. The van der Waals surface area contributed by atoms with Gasteiger partial charge in [-0.1, -0.05) is 89.2 Å². The molecule has 0 heterocycles. The lowest BCUT2D eigenvalue weighted by Crippen LogP contribution is -2.19. The molecule has 0 aliphatic heterocycles. The van der Waals surface area contributed by atoms with Gasteiger partial charge >= 0.3 is 0 Å². The fourth-order valence-electron chi connectivity index (χ4n) is 4.91. The maximum Gasteiger partial charge on any atom is 0.259 e. The Balaban J connectivity index is 1.75. The quantitative estimate of drug-likeness (QED) is 0.178. The number of amides is 1. The minimum Gasteiger partial charge on any atom is -0.504 e. The Morgan fingerprint density at radius 2 is 1.37 bits per heavy atom. The first kappa shape index (κ1) is 29.7. The Morgan fingerprint density at radius 3 is 2.02 bits per heavy atom. The average Bonchev–Trinajstić information content (AvgIpc) is 2.93. The van der Waals surface area contributed by atoms with E-state index in [-0.39, 0.29) is 38.9 Å². The van der Waals surface area contributed by atoms with Crippen molar-refractivity contribution in [1.29, 1.82) is 0 Å². The topological polar surface area (TPSA) is 124 Å². The Labute approximate surface area is 241 Å². The van der Waals surface area contributed by atoms with E-state index in [9.17, 15) is 28.5 Å². The number of para-hydroxylation sites is 1. The predicted octanol–water partition coefficient (Wildman–Crippen LogP) is 6.90. The van der Waals surface area contributed by atoms with Crippen molar-refractivity contribution >= 4 is 21.4 Å². The van der Waals surface area contributed by atoms with Crippen LogP contribution in [-0.2, 0) is 21.7 Å². The van der Waals surface area contributed by atoms with Gasteiger partial charge in [0.05, 0.1) is 21.0 Å². The Hall–Kier alpha value is -4.30. The summed E-state index contributed by atoms with van der Waals surface area (Å²) in [6.07, 6.45) is 0.197. The smallest absolute Gasteiger partial charge is 0.259 e. The molecule has 41 heavy (non-hydrogen) atoms. The predicted molar refractivity (Wildman–Crippen MR) is 160 cm³/mol. The van der Waals surface area contributed by atoms with Gasteiger partial charge in [0.15, 0.2) is 11.5 Å². The standard InChI is InChI=1S/C33H35NO6S/c1-20(2)23-13-7-6-12-21(23)18-22-19-24(30(36)31(37)29(22)35)32(38)34-26-15-9-11-17-28(26)41(39,40)27-16-10-8-14-25(27)33(3,4)5/h6-17,19-20,35-37H,18H2,1-5H3,(H,34,38). The number of aromatic hydroxyl groups is 3. The third kappa shape index (κ3) is 5.93. The van der Waals surface area contributed by atoms with E-state index in [2.05, 4.69) is 5.32 Å². The molecular weight excluding hydrogens is 538 g/mol. The van der Waals surface area contributed by atoms with Crippen LogP contribution in [-0.4, -0.2) is 29.6 Å². The summed E-state index contributed by atoms with van der Waals surface area (Å²) in [4.78, 5) is 13.5. The number of hydrogen-bond acceptors (Lipinski definition) is 6. The molecular formula is C33H35NO6S. The molecule has 0 unspecified atom stereocenters.